The highest BCUT2D eigenvalue weighted by atomic mass is 15.3. The Kier molecular flexibility index (Phi) is 2.67. The van der Waals surface area contributed by atoms with E-state index in [0.29, 0.717) is 5.82 Å². The molecule has 78 valence electrons. The zero-order valence-electron chi connectivity index (χ0n) is 8.72. The molecule has 0 aromatic carbocycles. The van der Waals surface area contributed by atoms with Gasteiger partial charge in [0, 0.05) is 24.5 Å². The van der Waals surface area contributed by atoms with Gasteiger partial charge in [0.15, 0.2) is 0 Å². The van der Waals surface area contributed by atoms with E-state index in [1.54, 1.807) is 18.5 Å². The van der Waals surface area contributed by atoms with Crippen LogP contribution in [0.5, 0.6) is 0 Å². The third kappa shape index (κ3) is 1.98. The van der Waals surface area contributed by atoms with Crippen molar-refractivity contribution in [3.63, 3.8) is 0 Å². The van der Waals surface area contributed by atoms with Crippen LogP contribution in [0.15, 0.2) is 30.6 Å². The first-order chi connectivity index (χ1) is 7.31. The summed E-state index contributed by atoms with van der Waals surface area (Å²) in [6, 6.07) is 5.76. The Morgan fingerprint density at radius 3 is 2.87 bits per heavy atom. The smallest absolute Gasteiger partial charge is 0.123 e. The maximum atomic E-state index is 5.54. The zero-order chi connectivity index (χ0) is 10.7. The van der Waals surface area contributed by atoms with Gasteiger partial charge in [-0.25, -0.2) is 4.98 Å². The minimum Gasteiger partial charge on any atom is -0.384 e. The molecule has 2 rings (SSSR count). The molecule has 4 heteroatoms. The Morgan fingerprint density at radius 1 is 1.33 bits per heavy atom. The number of aromatic nitrogens is 3. The summed E-state index contributed by atoms with van der Waals surface area (Å²) in [6.45, 7) is 3.05. The van der Waals surface area contributed by atoms with Crippen LogP contribution >= 0.6 is 0 Å². The molecule has 0 amide bonds. The number of aryl methyl sites for hydroxylation is 1. The molecule has 0 saturated carbocycles. The number of nitrogens with zero attached hydrogens (tertiary/aromatic N) is 3. The van der Waals surface area contributed by atoms with Gasteiger partial charge in [-0.1, -0.05) is 6.92 Å². The number of anilines is 1. The van der Waals surface area contributed by atoms with Crippen molar-refractivity contribution in [1.29, 1.82) is 0 Å². The molecule has 0 spiro atoms. The highest BCUT2D eigenvalue weighted by Gasteiger charge is 2.04. The van der Waals surface area contributed by atoms with E-state index in [4.69, 9.17) is 5.73 Å². The van der Waals surface area contributed by atoms with Crippen LogP contribution in [0.3, 0.4) is 0 Å². The number of hydrogen-bond acceptors (Lipinski definition) is 3. The summed E-state index contributed by atoms with van der Waals surface area (Å²) in [5.74, 6) is 0.542. The second kappa shape index (κ2) is 4.13. The molecule has 15 heavy (non-hydrogen) atoms. The Labute approximate surface area is 88.8 Å². The molecular weight excluding hydrogens is 188 g/mol. The fourth-order valence-electron chi connectivity index (χ4n) is 1.52. The molecule has 2 N–H and O–H groups in total. The van der Waals surface area contributed by atoms with Gasteiger partial charge >= 0.3 is 0 Å². The number of hydrogen-bond donors (Lipinski definition) is 1. The summed E-state index contributed by atoms with van der Waals surface area (Å²) in [5, 5.41) is 4.26. The van der Waals surface area contributed by atoms with Gasteiger partial charge in [0.1, 0.15) is 5.82 Å². The minimum atomic E-state index is 0.542. The van der Waals surface area contributed by atoms with Gasteiger partial charge in [0.25, 0.3) is 0 Å². The molecule has 0 bridgehead atoms. The maximum absolute atomic E-state index is 5.54. The monoisotopic (exact) mass is 202 g/mol. The maximum Gasteiger partial charge on any atom is 0.123 e. The third-order valence-corrected chi connectivity index (χ3v) is 2.23. The third-order valence-electron chi connectivity index (χ3n) is 2.23. The van der Waals surface area contributed by atoms with Crippen molar-refractivity contribution in [3.8, 4) is 11.3 Å². The average Bonchev–Trinajstić information content (AvgIpc) is 2.68. The van der Waals surface area contributed by atoms with E-state index in [1.165, 1.54) is 0 Å². The Bertz CT molecular complexity index is 430. The number of nitrogen functional groups attached to an aromatic ring is 1. The highest BCUT2D eigenvalue weighted by molar-refractivity contribution is 5.59. The van der Waals surface area contributed by atoms with Crippen LogP contribution in [0, 0.1) is 0 Å². The number of rotatable bonds is 3. The lowest BCUT2D eigenvalue weighted by molar-refractivity contribution is 0.609. The summed E-state index contributed by atoms with van der Waals surface area (Å²) < 4.78 is 1.98. The van der Waals surface area contributed by atoms with Crippen LogP contribution in [0.2, 0.25) is 0 Å². The summed E-state index contributed by atoms with van der Waals surface area (Å²) in [5.41, 5.74) is 7.68. The lowest BCUT2D eigenvalue weighted by atomic mass is 10.2. The first kappa shape index (κ1) is 9.71. The summed E-state index contributed by atoms with van der Waals surface area (Å²) in [7, 11) is 0. The van der Waals surface area contributed by atoms with E-state index in [2.05, 4.69) is 17.0 Å². The fraction of sp³-hybridized carbons (Fsp3) is 0.273. The number of nitrogens with two attached hydrogens (primary N) is 1. The van der Waals surface area contributed by atoms with Crippen molar-refractivity contribution < 1.29 is 0 Å². The molecule has 0 aliphatic carbocycles. The van der Waals surface area contributed by atoms with Crippen LogP contribution in [0.25, 0.3) is 11.3 Å². The van der Waals surface area contributed by atoms with Crippen molar-refractivity contribution in [3.05, 3.63) is 30.6 Å². The molecule has 0 unspecified atom stereocenters. The summed E-state index contributed by atoms with van der Waals surface area (Å²) >= 11 is 0. The van der Waals surface area contributed by atoms with Crippen LogP contribution in [0.1, 0.15) is 13.3 Å². The van der Waals surface area contributed by atoms with Gasteiger partial charge < -0.3 is 5.73 Å². The molecule has 0 radical (unpaired) electrons. The summed E-state index contributed by atoms with van der Waals surface area (Å²) in [4.78, 5) is 4.07. The molecule has 0 atom stereocenters. The largest absolute Gasteiger partial charge is 0.384 e. The molecule has 0 aliphatic rings. The Balaban J connectivity index is 2.36. The SMILES string of the molecule is CCCn1nccc1-c1ccc(N)nc1. The predicted molar refractivity (Wildman–Crippen MR) is 60.2 cm³/mol. The second-order valence-electron chi connectivity index (χ2n) is 3.41. The highest BCUT2D eigenvalue weighted by Crippen LogP contribution is 2.18. The van der Waals surface area contributed by atoms with Crippen molar-refractivity contribution >= 4 is 5.82 Å². The molecule has 2 aromatic heterocycles. The van der Waals surface area contributed by atoms with Crippen molar-refractivity contribution in [2.75, 3.05) is 5.73 Å². The van der Waals surface area contributed by atoms with Crippen LogP contribution in [-0.2, 0) is 6.54 Å². The Morgan fingerprint density at radius 2 is 2.20 bits per heavy atom. The van der Waals surface area contributed by atoms with Crippen molar-refractivity contribution in [2.45, 2.75) is 19.9 Å². The molecule has 0 aliphatic heterocycles. The number of pyridine rings is 1. The minimum absolute atomic E-state index is 0.542. The lowest BCUT2D eigenvalue weighted by Gasteiger charge is -2.05. The molecule has 2 aromatic rings. The standard InChI is InChI=1S/C11H14N4/c1-2-7-15-10(5-6-14-15)9-3-4-11(12)13-8-9/h3-6,8H,2,7H2,1H3,(H2,12,13). The lowest BCUT2D eigenvalue weighted by Crippen LogP contribution is -2.01. The van der Waals surface area contributed by atoms with E-state index in [1.807, 2.05) is 16.8 Å². The topological polar surface area (TPSA) is 56.7 Å². The van der Waals surface area contributed by atoms with Crippen LogP contribution < -0.4 is 5.73 Å². The van der Waals surface area contributed by atoms with E-state index >= 15 is 0 Å². The van der Waals surface area contributed by atoms with Crippen LogP contribution in [0.4, 0.5) is 5.82 Å². The fourth-order valence-corrected chi connectivity index (χ4v) is 1.52. The summed E-state index contributed by atoms with van der Waals surface area (Å²) in [6.07, 6.45) is 4.65. The van der Waals surface area contributed by atoms with E-state index < -0.39 is 0 Å². The molecular formula is C11H14N4. The van der Waals surface area contributed by atoms with Crippen molar-refractivity contribution in [2.24, 2.45) is 0 Å². The molecule has 2 heterocycles. The van der Waals surface area contributed by atoms with E-state index in [0.717, 1.165) is 24.2 Å². The Hall–Kier alpha value is -1.84. The second-order valence-corrected chi connectivity index (χ2v) is 3.41. The van der Waals surface area contributed by atoms with Gasteiger partial charge in [0.05, 0.1) is 5.69 Å². The van der Waals surface area contributed by atoms with Crippen LogP contribution in [-0.4, -0.2) is 14.8 Å². The average molecular weight is 202 g/mol. The zero-order valence-corrected chi connectivity index (χ0v) is 8.72. The first-order valence-electron chi connectivity index (χ1n) is 5.05. The van der Waals surface area contributed by atoms with Gasteiger partial charge in [-0.05, 0) is 24.6 Å². The van der Waals surface area contributed by atoms with Gasteiger partial charge in [0.2, 0.25) is 0 Å². The van der Waals surface area contributed by atoms with Gasteiger partial charge in [-0.2, -0.15) is 5.10 Å². The van der Waals surface area contributed by atoms with Gasteiger partial charge in [-0.15, -0.1) is 0 Å². The molecule has 0 saturated heterocycles. The van der Waals surface area contributed by atoms with Crippen molar-refractivity contribution in [1.82, 2.24) is 14.8 Å². The van der Waals surface area contributed by atoms with E-state index in [-0.39, 0.29) is 0 Å². The predicted octanol–water partition coefficient (Wildman–Crippen LogP) is 1.94. The molecule has 0 fully saturated rings. The van der Waals surface area contributed by atoms with E-state index in [9.17, 15) is 0 Å². The normalized spacial score (nSPS) is 10.5. The van der Waals surface area contributed by atoms with Gasteiger partial charge in [-0.3, -0.25) is 4.68 Å². The quantitative estimate of drug-likeness (QED) is 0.827. The molecule has 4 nitrogen and oxygen atoms in total. The first-order valence-corrected chi connectivity index (χ1v) is 5.05.